The molecule has 0 unspecified atom stereocenters. The lowest BCUT2D eigenvalue weighted by Crippen LogP contribution is -2.42. The number of hydrogen-bond acceptors (Lipinski definition) is 3. The number of benzene rings is 1. The molecule has 2 N–H and O–H groups in total. The normalized spacial score (nSPS) is 16.0. The molecule has 1 aliphatic heterocycles. The largest absolute Gasteiger partial charge is 0.490 e. The van der Waals surface area contributed by atoms with Crippen molar-refractivity contribution in [2.45, 2.75) is 20.8 Å². The zero-order chi connectivity index (χ0) is 17.0. The van der Waals surface area contributed by atoms with Gasteiger partial charge in [0, 0.05) is 18.8 Å². The van der Waals surface area contributed by atoms with Crippen LogP contribution in [0.5, 0.6) is 5.75 Å². The van der Waals surface area contributed by atoms with Crippen molar-refractivity contribution in [3.05, 3.63) is 30.9 Å². The Morgan fingerprint density at radius 1 is 1.48 bits per heavy atom. The van der Waals surface area contributed by atoms with E-state index in [1.54, 1.807) is 29.2 Å². The van der Waals surface area contributed by atoms with E-state index in [-0.39, 0.29) is 11.9 Å². The molecule has 1 aromatic carbocycles. The molecule has 0 atom stereocenters. The van der Waals surface area contributed by atoms with Crippen LogP contribution in [0.4, 0.5) is 16.2 Å². The Kier molecular flexibility index (Phi) is 4.93. The van der Waals surface area contributed by atoms with Crippen molar-refractivity contribution in [1.29, 1.82) is 0 Å². The molecule has 0 aliphatic carbocycles. The van der Waals surface area contributed by atoms with E-state index in [0.29, 0.717) is 36.8 Å². The molecule has 3 amide bonds. The van der Waals surface area contributed by atoms with Gasteiger partial charge in [-0.25, -0.2) is 4.79 Å². The maximum absolute atomic E-state index is 12.8. The van der Waals surface area contributed by atoms with Gasteiger partial charge in [0.05, 0.1) is 11.1 Å². The van der Waals surface area contributed by atoms with Gasteiger partial charge in [0.2, 0.25) is 5.91 Å². The first-order valence-corrected chi connectivity index (χ1v) is 7.63. The number of urea groups is 1. The average Bonchev–Trinajstić information content (AvgIpc) is 2.58. The summed E-state index contributed by atoms with van der Waals surface area (Å²) >= 11 is 0. The van der Waals surface area contributed by atoms with Crippen LogP contribution in [0.3, 0.4) is 0 Å². The van der Waals surface area contributed by atoms with Crippen molar-refractivity contribution < 1.29 is 14.3 Å². The van der Waals surface area contributed by atoms with Crippen LogP contribution in [-0.2, 0) is 4.79 Å². The first kappa shape index (κ1) is 16.9. The topological polar surface area (TPSA) is 70.7 Å². The highest BCUT2D eigenvalue weighted by Crippen LogP contribution is 2.38. The summed E-state index contributed by atoms with van der Waals surface area (Å²) in [7, 11) is 0. The maximum atomic E-state index is 12.8. The number of carbonyl (C=O) groups is 2. The highest BCUT2D eigenvalue weighted by molar-refractivity contribution is 6.00. The van der Waals surface area contributed by atoms with E-state index < -0.39 is 5.41 Å². The minimum atomic E-state index is -0.630. The third-order valence-corrected chi connectivity index (χ3v) is 3.57. The monoisotopic (exact) mass is 317 g/mol. The summed E-state index contributed by atoms with van der Waals surface area (Å²) in [5.74, 6) is 0.582. The Hall–Kier alpha value is -2.50. The molecule has 6 nitrogen and oxygen atoms in total. The molecule has 2 rings (SSSR count). The maximum Gasteiger partial charge on any atom is 0.319 e. The fourth-order valence-electron chi connectivity index (χ4n) is 2.37. The Balaban J connectivity index is 2.38. The minimum absolute atomic E-state index is 0.0358. The number of rotatable bonds is 4. The lowest BCUT2D eigenvalue weighted by Gasteiger charge is -2.27. The van der Waals surface area contributed by atoms with Crippen LogP contribution < -0.4 is 20.3 Å². The Morgan fingerprint density at radius 2 is 2.22 bits per heavy atom. The average molecular weight is 317 g/mol. The predicted molar refractivity (Wildman–Crippen MR) is 91.0 cm³/mol. The van der Waals surface area contributed by atoms with Gasteiger partial charge in [0.1, 0.15) is 12.4 Å². The molecule has 0 bridgehead atoms. The minimum Gasteiger partial charge on any atom is -0.490 e. The summed E-state index contributed by atoms with van der Waals surface area (Å²) in [5, 5.41) is 5.41. The number of carbonyl (C=O) groups excluding carboxylic acids is 2. The Labute approximate surface area is 136 Å². The number of anilines is 2. The van der Waals surface area contributed by atoms with E-state index in [1.165, 1.54) is 0 Å². The van der Waals surface area contributed by atoms with E-state index in [1.807, 2.05) is 20.8 Å². The fourth-order valence-corrected chi connectivity index (χ4v) is 2.37. The Bertz CT molecular complexity index is 626. The molecule has 1 heterocycles. The molecular formula is C17H23N3O3. The lowest BCUT2D eigenvalue weighted by atomic mass is 9.93. The van der Waals surface area contributed by atoms with Crippen molar-refractivity contribution in [2.24, 2.45) is 5.41 Å². The van der Waals surface area contributed by atoms with Crippen LogP contribution in [0.2, 0.25) is 0 Å². The van der Waals surface area contributed by atoms with Crippen molar-refractivity contribution in [3.8, 4) is 5.75 Å². The van der Waals surface area contributed by atoms with E-state index in [4.69, 9.17) is 4.74 Å². The summed E-state index contributed by atoms with van der Waals surface area (Å²) in [6, 6.07) is 4.97. The zero-order valence-corrected chi connectivity index (χ0v) is 13.8. The van der Waals surface area contributed by atoms with Crippen molar-refractivity contribution in [1.82, 2.24) is 5.32 Å². The third-order valence-electron chi connectivity index (χ3n) is 3.57. The van der Waals surface area contributed by atoms with E-state index in [9.17, 15) is 9.59 Å². The molecule has 1 aliphatic rings. The Morgan fingerprint density at radius 3 is 2.87 bits per heavy atom. The zero-order valence-electron chi connectivity index (χ0n) is 13.8. The van der Waals surface area contributed by atoms with E-state index >= 15 is 0 Å². The summed E-state index contributed by atoms with van der Waals surface area (Å²) < 4.78 is 5.79. The quantitative estimate of drug-likeness (QED) is 0.839. The molecule has 0 radical (unpaired) electrons. The van der Waals surface area contributed by atoms with Crippen LogP contribution in [-0.4, -0.2) is 31.6 Å². The van der Waals surface area contributed by atoms with Gasteiger partial charge in [-0.05, 0) is 39.0 Å². The highest BCUT2D eigenvalue weighted by atomic mass is 16.5. The second-order valence-corrected chi connectivity index (χ2v) is 6.04. The van der Waals surface area contributed by atoms with Gasteiger partial charge in [-0.1, -0.05) is 6.08 Å². The molecule has 23 heavy (non-hydrogen) atoms. The van der Waals surface area contributed by atoms with Crippen LogP contribution in [0.25, 0.3) is 0 Å². The summed E-state index contributed by atoms with van der Waals surface area (Å²) in [4.78, 5) is 26.1. The van der Waals surface area contributed by atoms with Crippen LogP contribution in [0.15, 0.2) is 30.9 Å². The van der Waals surface area contributed by atoms with Crippen LogP contribution in [0, 0.1) is 5.41 Å². The summed E-state index contributed by atoms with van der Waals surface area (Å²) in [6.07, 6.45) is 1.67. The van der Waals surface area contributed by atoms with Gasteiger partial charge < -0.3 is 20.3 Å². The molecule has 0 spiro atoms. The van der Waals surface area contributed by atoms with Crippen molar-refractivity contribution in [3.63, 3.8) is 0 Å². The molecule has 6 heteroatoms. The van der Waals surface area contributed by atoms with E-state index in [0.717, 1.165) is 0 Å². The molecule has 0 saturated carbocycles. The van der Waals surface area contributed by atoms with Gasteiger partial charge in [0.25, 0.3) is 0 Å². The van der Waals surface area contributed by atoms with Gasteiger partial charge in [0.15, 0.2) is 0 Å². The van der Waals surface area contributed by atoms with Gasteiger partial charge >= 0.3 is 6.03 Å². The third kappa shape index (κ3) is 3.64. The first-order chi connectivity index (χ1) is 10.9. The first-order valence-electron chi connectivity index (χ1n) is 7.63. The van der Waals surface area contributed by atoms with Gasteiger partial charge in [-0.3, -0.25) is 4.79 Å². The van der Waals surface area contributed by atoms with Crippen molar-refractivity contribution in [2.75, 3.05) is 29.9 Å². The SMILES string of the molecule is C=CCN1C(=O)C(C)(C)COc2ccc(NC(=O)NCC)cc21. The van der Waals surface area contributed by atoms with Crippen LogP contribution in [0.1, 0.15) is 20.8 Å². The van der Waals surface area contributed by atoms with Gasteiger partial charge in [-0.2, -0.15) is 0 Å². The molecule has 0 aromatic heterocycles. The van der Waals surface area contributed by atoms with Crippen LogP contribution >= 0.6 is 0 Å². The van der Waals surface area contributed by atoms with Crippen molar-refractivity contribution >= 4 is 23.3 Å². The number of hydrogen-bond donors (Lipinski definition) is 2. The highest BCUT2D eigenvalue weighted by Gasteiger charge is 2.37. The van der Waals surface area contributed by atoms with E-state index in [2.05, 4.69) is 17.2 Å². The number of amides is 3. The predicted octanol–water partition coefficient (Wildman–Crippen LogP) is 2.77. The molecular weight excluding hydrogens is 294 g/mol. The smallest absolute Gasteiger partial charge is 0.319 e. The lowest BCUT2D eigenvalue weighted by molar-refractivity contribution is -0.127. The number of fused-ring (bicyclic) bond motifs is 1. The molecule has 124 valence electrons. The number of nitrogens with zero attached hydrogens (tertiary/aromatic N) is 1. The van der Waals surface area contributed by atoms with Gasteiger partial charge in [-0.15, -0.1) is 6.58 Å². The second kappa shape index (κ2) is 6.73. The molecule has 1 aromatic rings. The fraction of sp³-hybridized carbons (Fsp3) is 0.412. The summed E-state index contributed by atoms with van der Waals surface area (Å²) in [6.45, 7) is 10.5. The summed E-state index contributed by atoms with van der Waals surface area (Å²) in [5.41, 5.74) is 0.601. The number of nitrogens with one attached hydrogen (secondary N) is 2. The second-order valence-electron chi connectivity index (χ2n) is 6.04. The number of ether oxygens (including phenoxy) is 1. The standard InChI is InChI=1S/C17H23N3O3/c1-5-9-20-13-10-12(19-16(22)18-6-2)7-8-14(13)23-11-17(3,4)15(20)21/h5,7-8,10H,1,6,9,11H2,2-4H3,(H2,18,19,22). The molecule has 0 fully saturated rings. The molecule has 0 saturated heterocycles.